The lowest BCUT2D eigenvalue weighted by atomic mass is 10.0. The molecule has 0 aliphatic carbocycles. The number of rotatable bonds is 9. The molecule has 0 bridgehead atoms. The van der Waals surface area contributed by atoms with Crippen LogP contribution in [0.3, 0.4) is 0 Å². The number of ether oxygens (including phenoxy) is 2. The van der Waals surface area contributed by atoms with Gasteiger partial charge in [-0.1, -0.05) is 48.0 Å². The van der Waals surface area contributed by atoms with E-state index in [1.807, 2.05) is 32.9 Å². The fourth-order valence-corrected chi connectivity index (χ4v) is 5.94. The summed E-state index contributed by atoms with van der Waals surface area (Å²) < 4.78 is 42.8. The van der Waals surface area contributed by atoms with Crippen LogP contribution in [-0.4, -0.2) is 40.4 Å². The van der Waals surface area contributed by atoms with Crippen LogP contribution in [0.1, 0.15) is 49.6 Å². The van der Waals surface area contributed by atoms with E-state index in [9.17, 15) is 18.9 Å². The Labute approximate surface area is 233 Å². The van der Waals surface area contributed by atoms with Crippen LogP contribution >= 0.6 is 23.8 Å². The quantitative estimate of drug-likeness (QED) is 0.311. The third-order valence-electron chi connectivity index (χ3n) is 6.30. The number of phosphoric ester groups is 1. The third kappa shape index (κ3) is 6.97. The van der Waals surface area contributed by atoms with E-state index in [4.69, 9.17) is 28.8 Å². The maximum absolute atomic E-state index is 13.3. The maximum Gasteiger partial charge on any atom is 0.530 e. The molecule has 39 heavy (non-hydrogen) atoms. The normalized spacial score (nSPS) is 25.4. The number of hydrogen-bond acceptors (Lipinski definition) is 10. The van der Waals surface area contributed by atoms with Crippen molar-refractivity contribution in [1.82, 2.24) is 9.55 Å². The smallest absolute Gasteiger partial charge is 0.458 e. The molecule has 0 amide bonds. The molecule has 1 unspecified atom stereocenters. The van der Waals surface area contributed by atoms with Gasteiger partial charge in [0.1, 0.15) is 30.2 Å². The van der Waals surface area contributed by atoms with Gasteiger partial charge in [0.2, 0.25) is 0 Å². The van der Waals surface area contributed by atoms with Crippen LogP contribution in [0, 0.1) is 12.8 Å². The van der Waals surface area contributed by atoms with Gasteiger partial charge in [-0.3, -0.25) is 28.2 Å². The van der Waals surface area contributed by atoms with Gasteiger partial charge >= 0.3 is 19.5 Å². The molecule has 2 aromatic rings. The molecule has 3 N–H and O–H groups in total. The summed E-state index contributed by atoms with van der Waals surface area (Å²) >= 11 is 3.11. The van der Waals surface area contributed by atoms with Crippen molar-refractivity contribution in [2.24, 2.45) is 11.7 Å². The van der Waals surface area contributed by atoms with Crippen molar-refractivity contribution < 1.29 is 32.4 Å². The van der Waals surface area contributed by atoms with Crippen LogP contribution in [0.2, 0.25) is 0 Å². The number of fused-ring (bicyclic) bond motifs is 1. The molecule has 0 spiro atoms. The first-order valence-electron chi connectivity index (χ1n) is 12.4. The van der Waals surface area contributed by atoms with Crippen LogP contribution in [-0.2, 0) is 34.5 Å². The number of nitrogens with one attached hydrogen (secondary N) is 1. The number of para-hydroxylation sites is 1. The van der Waals surface area contributed by atoms with E-state index in [1.54, 1.807) is 6.07 Å². The van der Waals surface area contributed by atoms with E-state index in [0.717, 1.165) is 11.1 Å². The topological polar surface area (TPSA) is 161 Å². The molecule has 3 heterocycles. The number of phosphoric acid groups is 1. The van der Waals surface area contributed by atoms with E-state index < -0.39 is 49.5 Å². The van der Waals surface area contributed by atoms with Crippen molar-refractivity contribution in [3.8, 4) is 5.75 Å². The molecule has 0 radical (unpaired) electrons. The fraction of sp³-hybridized carbons (Fsp3) is 0.480. The number of aromatic nitrogens is 2. The summed E-state index contributed by atoms with van der Waals surface area (Å²) in [4.78, 5) is 41.2. The van der Waals surface area contributed by atoms with Crippen LogP contribution in [0.15, 0.2) is 39.0 Å². The maximum atomic E-state index is 13.3. The van der Waals surface area contributed by atoms with Gasteiger partial charge in [-0.05, 0) is 35.9 Å². The fourth-order valence-electron chi connectivity index (χ4n) is 4.36. The zero-order valence-corrected chi connectivity index (χ0v) is 24.2. The molecule has 4 rings (SSSR count). The second kappa shape index (κ2) is 12.3. The molecule has 1 fully saturated rings. The third-order valence-corrected chi connectivity index (χ3v) is 7.88. The average Bonchev–Trinajstić information content (AvgIpc) is 3.27. The molecular formula is C25H31BrN3O9P. The van der Waals surface area contributed by atoms with E-state index in [2.05, 4.69) is 20.9 Å². The van der Waals surface area contributed by atoms with E-state index in [-0.39, 0.29) is 31.1 Å². The minimum absolute atomic E-state index is 0.0293. The highest BCUT2D eigenvalue weighted by Crippen LogP contribution is 2.55. The Bertz CT molecular complexity index is 1410. The lowest BCUT2D eigenvalue weighted by Gasteiger charge is -2.27. The molecule has 12 nitrogen and oxygen atoms in total. The first kappa shape index (κ1) is 29.4. The van der Waals surface area contributed by atoms with Crippen LogP contribution < -0.4 is 21.5 Å². The van der Waals surface area contributed by atoms with Gasteiger partial charge < -0.3 is 19.7 Å². The minimum atomic E-state index is -4.02. The van der Waals surface area contributed by atoms with Crippen molar-refractivity contribution in [3.63, 3.8) is 0 Å². The Morgan fingerprint density at radius 1 is 1.36 bits per heavy atom. The lowest BCUT2D eigenvalue weighted by Crippen LogP contribution is -2.39. The van der Waals surface area contributed by atoms with Crippen molar-refractivity contribution in [1.29, 1.82) is 0 Å². The second-order valence-corrected chi connectivity index (χ2v) is 11.9. The Hall–Kier alpha value is -2.54. The van der Waals surface area contributed by atoms with E-state index >= 15 is 0 Å². The largest absolute Gasteiger partial charge is 0.530 e. The number of esters is 1. The molecule has 2 aliphatic rings. The van der Waals surface area contributed by atoms with Gasteiger partial charge in [0, 0.05) is 18.2 Å². The molecule has 0 saturated carbocycles. The van der Waals surface area contributed by atoms with Crippen LogP contribution in [0.5, 0.6) is 5.75 Å². The predicted molar refractivity (Wildman–Crippen MR) is 145 cm³/mol. The van der Waals surface area contributed by atoms with Crippen molar-refractivity contribution in [2.75, 3.05) is 6.61 Å². The molecule has 1 aromatic carbocycles. The van der Waals surface area contributed by atoms with Gasteiger partial charge in [0.25, 0.3) is 5.56 Å². The van der Waals surface area contributed by atoms with Crippen molar-refractivity contribution in [2.45, 2.75) is 64.7 Å². The Morgan fingerprint density at radius 2 is 2.13 bits per heavy atom. The summed E-state index contributed by atoms with van der Waals surface area (Å²) in [5, 5.41) is 0. The van der Waals surface area contributed by atoms with Gasteiger partial charge in [-0.2, -0.15) is 0 Å². The summed E-state index contributed by atoms with van der Waals surface area (Å²) in [5.41, 5.74) is 6.43. The zero-order valence-electron chi connectivity index (χ0n) is 21.7. The van der Waals surface area contributed by atoms with E-state index in [1.165, 1.54) is 21.8 Å². The number of nitrogens with two attached hydrogens (primary N) is 1. The minimum Gasteiger partial charge on any atom is -0.458 e. The van der Waals surface area contributed by atoms with Gasteiger partial charge in [-0.15, -0.1) is 0 Å². The number of hydrogen-bond donors (Lipinski definition) is 2. The van der Waals surface area contributed by atoms with Gasteiger partial charge in [0.05, 0.1) is 18.8 Å². The molecule has 1 aromatic heterocycles. The number of carbonyl (C=O) groups excluding carboxylic acids is 1. The monoisotopic (exact) mass is 627 g/mol. The number of aromatic amines is 1. The highest BCUT2D eigenvalue weighted by Gasteiger charge is 2.43. The molecule has 1 saturated heterocycles. The average molecular weight is 628 g/mol. The number of benzene rings is 1. The SMILES string of the molecule is Cc1cccc2c1OP(=O)(OC[C@H]1O[C@@H](n3cc(/C=C/Br)c(=O)[nH]c3=O)C[C@@H]1OC(=O)[C@H](N)CC(C)C)OC2. The molecule has 14 heteroatoms. The molecule has 5 atom stereocenters. The lowest BCUT2D eigenvalue weighted by molar-refractivity contribution is -0.155. The number of carbonyl (C=O) groups is 1. The van der Waals surface area contributed by atoms with Crippen LogP contribution in [0.4, 0.5) is 0 Å². The summed E-state index contributed by atoms with van der Waals surface area (Å²) in [6, 6.07) is 4.59. The molecule has 212 valence electrons. The van der Waals surface area contributed by atoms with Gasteiger partial charge in [0.15, 0.2) is 0 Å². The van der Waals surface area contributed by atoms with Gasteiger partial charge in [-0.25, -0.2) is 9.36 Å². The summed E-state index contributed by atoms with van der Waals surface area (Å²) in [6.45, 7) is 5.37. The Balaban J connectivity index is 1.55. The number of H-pyrrole nitrogens is 1. The first-order chi connectivity index (χ1) is 18.5. The molecular weight excluding hydrogens is 597 g/mol. The zero-order chi connectivity index (χ0) is 28.3. The highest BCUT2D eigenvalue weighted by atomic mass is 79.9. The van der Waals surface area contributed by atoms with Crippen LogP contribution in [0.25, 0.3) is 6.08 Å². The summed E-state index contributed by atoms with van der Waals surface area (Å²) in [5.74, 6) is -0.0509. The predicted octanol–water partition coefficient (Wildman–Crippen LogP) is 3.52. The highest BCUT2D eigenvalue weighted by molar-refractivity contribution is 9.11. The number of halogens is 1. The Morgan fingerprint density at radius 3 is 2.85 bits per heavy atom. The van der Waals surface area contributed by atoms with E-state index in [0.29, 0.717) is 12.2 Å². The summed E-state index contributed by atoms with van der Waals surface area (Å²) in [7, 11) is -4.02. The van der Waals surface area contributed by atoms with Crippen molar-refractivity contribution >= 4 is 35.8 Å². The second-order valence-electron chi connectivity index (χ2n) is 9.79. The summed E-state index contributed by atoms with van der Waals surface area (Å²) in [6.07, 6.45) is 0.485. The van der Waals surface area contributed by atoms with Crippen molar-refractivity contribution in [3.05, 3.63) is 66.9 Å². The molecule has 2 aliphatic heterocycles. The number of aryl methyl sites for hydroxylation is 1. The first-order valence-corrected chi connectivity index (χ1v) is 14.8. The standard InChI is InChI=1S/C25H31BrN3O9P/c1-14(2)9-18(27)24(31)37-19-10-21(29-11-16(7-8-26)23(30)28-25(29)32)36-20(19)13-35-39(33)34-12-17-6-4-5-15(3)22(17)38-39/h4-8,11,14,18-21H,9-10,12-13,27H2,1-3H3,(H,28,30,32)/b8-7+/t18-,19+,20-,21-,39?/m1/s1. The Kier molecular flexibility index (Phi) is 9.30. The number of nitrogens with zero attached hydrogens (tertiary/aromatic N) is 1.